The third-order valence-electron chi connectivity index (χ3n) is 2.80. The SMILES string of the molecule is CC(C)(C)OC(=O)COC(=O)CN=C1NS(=O)(=O)c2ccccc21. The first kappa shape index (κ1) is 17.9. The van der Waals surface area contributed by atoms with Crippen molar-refractivity contribution in [2.24, 2.45) is 4.99 Å². The number of carbonyl (C=O) groups is 2. The van der Waals surface area contributed by atoms with Gasteiger partial charge < -0.3 is 9.47 Å². The molecule has 1 heterocycles. The van der Waals surface area contributed by atoms with E-state index in [9.17, 15) is 18.0 Å². The highest BCUT2D eigenvalue weighted by molar-refractivity contribution is 7.90. The lowest BCUT2D eigenvalue weighted by molar-refractivity contribution is -0.165. The minimum Gasteiger partial charge on any atom is -0.457 e. The van der Waals surface area contributed by atoms with Crippen molar-refractivity contribution in [3.63, 3.8) is 0 Å². The summed E-state index contributed by atoms with van der Waals surface area (Å²) in [6, 6.07) is 6.28. The van der Waals surface area contributed by atoms with Crippen molar-refractivity contribution in [1.82, 2.24) is 4.72 Å². The van der Waals surface area contributed by atoms with Gasteiger partial charge in [0.2, 0.25) is 0 Å². The molecule has 2 rings (SSSR count). The number of nitrogens with one attached hydrogen (secondary N) is 1. The quantitative estimate of drug-likeness (QED) is 0.793. The average Bonchev–Trinajstić information content (AvgIpc) is 2.73. The van der Waals surface area contributed by atoms with Crippen molar-refractivity contribution in [1.29, 1.82) is 0 Å². The van der Waals surface area contributed by atoms with Crippen LogP contribution in [0.1, 0.15) is 26.3 Å². The van der Waals surface area contributed by atoms with Crippen LogP contribution in [-0.2, 0) is 29.1 Å². The van der Waals surface area contributed by atoms with Gasteiger partial charge in [0.1, 0.15) is 18.0 Å². The van der Waals surface area contributed by atoms with Crippen LogP contribution >= 0.6 is 0 Å². The number of sulfonamides is 1. The van der Waals surface area contributed by atoms with Crippen molar-refractivity contribution in [3.05, 3.63) is 29.8 Å². The molecule has 1 aliphatic heterocycles. The van der Waals surface area contributed by atoms with Gasteiger partial charge in [-0.2, -0.15) is 0 Å². The molecule has 1 N–H and O–H groups in total. The fraction of sp³-hybridized carbons (Fsp3) is 0.400. The van der Waals surface area contributed by atoms with Gasteiger partial charge in [-0.15, -0.1) is 0 Å². The van der Waals surface area contributed by atoms with Gasteiger partial charge in [0.15, 0.2) is 6.61 Å². The van der Waals surface area contributed by atoms with E-state index in [1.807, 2.05) is 0 Å². The van der Waals surface area contributed by atoms with Gasteiger partial charge in [0.25, 0.3) is 10.0 Å². The number of esters is 2. The van der Waals surface area contributed by atoms with Gasteiger partial charge in [0, 0.05) is 5.56 Å². The molecule has 1 aromatic rings. The summed E-state index contributed by atoms with van der Waals surface area (Å²) >= 11 is 0. The number of ether oxygens (including phenoxy) is 2. The predicted molar refractivity (Wildman–Crippen MR) is 85.0 cm³/mol. The molecular weight excluding hydrogens is 336 g/mol. The zero-order valence-electron chi connectivity index (χ0n) is 13.5. The molecule has 0 aromatic heterocycles. The first-order chi connectivity index (χ1) is 11.1. The first-order valence-electron chi connectivity index (χ1n) is 7.13. The Morgan fingerprint density at radius 3 is 2.50 bits per heavy atom. The number of benzene rings is 1. The van der Waals surface area contributed by atoms with Crippen LogP contribution in [0.2, 0.25) is 0 Å². The van der Waals surface area contributed by atoms with Crippen molar-refractivity contribution in [2.45, 2.75) is 31.3 Å². The molecule has 24 heavy (non-hydrogen) atoms. The number of hydrogen-bond donors (Lipinski definition) is 1. The summed E-state index contributed by atoms with van der Waals surface area (Å²) < 4.78 is 35.8. The van der Waals surface area contributed by atoms with E-state index in [4.69, 9.17) is 9.47 Å². The molecule has 1 aromatic carbocycles. The zero-order chi connectivity index (χ0) is 18.0. The van der Waals surface area contributed by atoms with E-state index in [0.29, 0.717) is 5.56 Å². The Kier molecular flexibility index (Phi) is 4.93. The number of carbonyl (C=O) groups excluding carboxylic acids is 2. The maximum atomic E-state index is 11.9. The largest absolute Gasteiger partial charge is 0.457 e. The number of aliphatic imine (C=N–C) groups is 1. The molecule has 0 radical (unpaired) electrons. The van der Waals surface area contributed by atoms with Crippen LogP contribution in [0.5, 0.6) is 0 Å². The molecule has 0 atom stereocenters. The smallest absolute Gasteiger partial charge is 0.344 e. The highest BCUT2D eigenvalue weighted by Gasteiger charge is 2.30. The second-order valence-electron chi connectivity index (χ2n) is 6.01. The highest BCUT2D eigenvalue weighted by atomic mass is 32.2. The molecule has 0 aliphatic carbocycles. The molecule has 0 bridgehead atoms. The lowest BCUT2D eigenvalue weighted by atomic mass is 10.2. The number of rotatable bonds is 4. The van der Waals surface area contributed by atoms with Crippen molar-refractivity contribution < 1.29 is 27.5 Å². The number of amidine groups is 1. The average molecular weight is 354 g/mol. The summed E-state index contributed by atoms with van der Waals surface area (Å²) in [7, 11) is -3.66. The van der Waals surface area contributed by atoms with E-state index in [1.54, 1.807) is 39.0 Å². The standard InChI is InChI=1S/C15H18N2O6S/c1-15(2,3)23-13(19)9-22-12(18)8-16-14-10-6-4-5-7-11(10)24(20,21)17-14/h4-7H,8-9H2,1-3H3,(H,16,17). The summed E-state index contributed by atoms with van der Waals surface area (Å²) in [6.07, 6.45) is 0. The molecule has 8 nitrogen and oxygen atoms in total. The molecule has 0 saturated carbocycles. The molecule has 9 heteroatoms. The van der Waals surface area contributed by atoms with Crippen LogP contribution in [0, 0.1) is 0 Å². The summed E-state index contributed by atoms with van der Waals surface area (Å²) in [6.45, 7) is 4.14. The van der Waals surface area contributed by atoms with Crippen LogP contribution in [0.15, 0.2) is 34.2 Å². The number of nitrogens with zero attached hydrogens (tertiary/aromatic N) is 1. The Morgan fingerprint density at radius 1 is 1.17 bits per heavy atom. The summed E-state index contributed by atoms with van der Waals surface area (Å²) in [5, 5.41) is 0. The fourth-order valence-electron chi connectivity index (χ4n) is 1.95. The van der Waals surface area contributed by atoms with E-state index in [2.05, 4.69) is 9.71 Å². The maximum Gasteiger partial charge on any atom is 0.344 e. The molecule has 0 amide bonds. The van der Waals surface area contributed by atoms with E-state index < -0.39 is 40.7 Å². The zero-order valence-corrected chi connectivity index (χ0v) is 14.3. The van der Waals surface area contributed by atoms with Gasteiger partial charge >= 0.3 is 11.9 Å². The van der Waals surface area contributed by atoms with Crippen LogP contribution < -0.4 is 4.72 Å². The van der Waals surface area contributed by atoms with Crippen LogP contribution in [0.25, 0.3) is 0 Å². The molecule has 130 valence electrons. The first-order valence-corrected chi connectivity index (χ1v) is 8.61. The van der Waals surface area contributed by atoms with Gasteiger partial charge in [-0.05, 0) is 32.9 Å². The van der Waals surface area contributed by atoms with Crippen molar-refractivity contribution in [3.8, 4) is 0 Å². The second-order valence-corrected chi connectivity index (χ2v) is 7.66. The monoisotopic (exact) mass is 354 g/mol. The third kappa shape index (κ3) is 4.54. The topological polar surface area (TPSA) is 111 Å². The lowest BCUT2D eigenvalue weighted by Crippen LogP contribution is -2.28. The molecule has 0 unspecified atom stereocenters. The number of fused-ring (bicyclic) bond motifs is 1. The Labute approximate surface area is 139 Å². The molecule has 0 fully saturated rings. The normalized spacial score (nSPS) is 17.0. The molecule has 1 aliphatic rings. The van der Waals surface area contributed by atoms with Gasteiger partial charge in [-0.3, -0.25) is 14.5 Å². The maximum absolute atomic E-state index is 11.9. The Morgan fingerprint density at radius 2 is 1.83 bits per heavy atom. The van der Waals surface area contributed by atoms with Crippen LogP contribution in [-0.4, -0.2) is 44.9 Å². The minimum absolute atomic E-state index is 0.0693. The second kappa shape index (κ2) is 6.60. The molecular formula is C15H18N2O6S. The summed E-state index contributed by atoms with van der Waals surface area (Å²) in [5.74, 6) is -1.37. The van der Waals surface area contributed by atoms with E-state index in [-0.39, 0.29) is 10.7 Å². The Hall–Kier alpha value is -2.42. The molecule has 0 saturated heterocycles. The Bertz CT molecular complexity index is 792. The number of hydrogen-bond acceptors (Lipinski definition) is 7. The fourth-order valence-corrected chi connectivity index (χ4v) is 3.20. The molecule has 0 spiro atoms. The van der Waals surface area contributed by atoms with Crippen molar-refractivity contribution >= 4 is 27.8 Å². The van der Waals surface area contributed by atoms with E-state index in [1.165, 1.54) is 6.07 Å². The van der Waals surface area contributed by atoms with Gasteiger partial charge in [-0.25, -0.2) is 13.2 Å². The van der Waals surface area contributed by atoms with E-state index >= 15 is 0 Å². The van der Waals surface area contributed by atoms with Gasteiger partial charge in [0.05, 0.1) is 4.90 Å². The Balaban J connectivity index is 1.95. The third-order valence-corrected chi connectivity index (χ3v) is 4.20. The predicted octanol–water partition coefficient (Wildman–Crippen LogP) is 0.610. The highest BCUT2D eigenvalue weighted by Crippen LogP contribution is 2.21. The minimum atomic E-state index is -3.66. The summed E-state index contributed by atoms with van der Waals surface area (Å²) in [5.41, 5.74) is -0.285. The van der Waals surface area contributed by atoms with E-state index in [0.717, 1.165) is 0 Å². The summed E-state index contributed by atoms with van der Waals surface area (Å²) in [4.78, 5) is 27.1. The van der Waals surface area contributed by atoms with Crippen molar-refractivity contribution in [2.75, 3.05) is 13.2 Å². The van der Waals surface area contributed by atoms with Crippen LogP contribution in [0.3, 0.4) is 0 Å². The lowest BCUT2D eigenvalue weighted by Gasteiger charge is -2.19. The van der Waals surface area contributed by atoms with Crippen LogP contribution in [0.4, 0.5) is 0 Å². The van der Waals surface area contributed by atoms with Gasteiger partial charge in [-0.1, -0.05) is 12.1 Å².